The maximum absolute atomic E-state index is 5.61. The first-order chi connectivity index (χ1) is 11.0. The van der Waals surface area contributed by atoms with Crippen LogP contribution in [0, 0.1) is 12.8 Å². The second-order valence-electron chi connectivity index (χ2n) is 6.77. The van der Waals surface area contributed by atoms with E-state index in [1.54, 1.807) is 6.20 Å². The average molecular weight is 317 g/mol. The van der Waals surface area contributed by atoms with Crippen LogP contribution in [0.1, 0.15) is 36.2 Å². The molecule has 0 aliphatic carbocycles. The van der Waals surface area contributed by atoms with E-state index in [4.69, 9.17) is 4.42 Å². The van der Waals surface area contributed by atoms with Crippen LogP contribution in [0.25, 0.3) is 0 Å². The second-order valence-corrected chi connectivity index (χ2v) is 6.77. The first kappa shape index (κ1) is 16.2. The number of aryl methyl sites for hydroxylation is 2. The van der Waals surface area contributed by atoms with Gasteiger partial charge in [0.1, 0.15) is 5.76 Å². The molecule has 1 saturated heterocycles. The van der Waals surface area contributed by atoms with Crippen molar-refractivity contribution >= 4 is 0 Å². The number of oxazole rings is 1. The number of likely N-dealkylation sites (tertiary alicyclic amines) is 1. The molecular formula is C17H27N5O. The van der Waals surface area contributed by atoms with Crippen LogP contribution in [0.5, 0.6) is 0 Å². The van der Waals surface area contributed by atoms with E-state index >= 15 is 0 Å². The molecule has 6 heteroatoms. The molecule has 0 aromatic carbocycles. The third-order valence-corrected chi connectivity index (χ3v) is 4.79. The molecule has 0 saturated carbocycles. The Balaban J connectivity index is 1.70. The quantitative estimate of drug-likeness (QED) is 0.846. The van der Waals surface area contributed by atoms with Crippen molar-refractivity contribution < 1.29 is 4.42 Å². The Bertz CT molecular complexity index is 634. The number of nitrogens with zero attached hydrogens (tertiary/aromatic N) is 5. The number of rotatable bonds is 5. The molecule has 1 aliphatic heterocycles. The highest BCUT2D eigenvalue weighted by Crippen LogP contribution is 2.35. The zero-order valence-electron chi connectivity index (χ0n) is 14.6. The van der Waals surface area contributed by atoms with Crippen molar-refractivity contribution in [1.29, 1.82) is 0 Å². The molecule has 2 aromatic heterocycles. The first-order valence-electron chi connectivity index (χ1n) is 8.32. The number of aromatic nitrogens is 3. The highest BCUT2D eigenvalue weighted by atomic mass is 16.4. The Morgan fingerprint density at radius 2 is 2.22 bits per heavy atom. The molecule has 0 radical (unpaired) electrons. The summed E-state index contributed by atoms with van der Waals surface area (Å²) in [7, 11) is 6.41. The second kappa shape index (κ2) is 6.84. The van der Waals surface area contributed by atoms with Crippen LogP contribution >= 0.6 is 0 Å². The van der Waals surface area contributed by atoms with Crippen molar-refractivity contribution in [2.24, 2.45) is 13.0 Å². The molecule has 23 heavy (non-hydrogen) atoms. The van der Waals surface area contributed by atoms with E-state index in [0.29, 0.717) is 12.0 Å². The molecule has 2 aromatic rings. The lowest BCUT2D eigenvalue weighted by Crippen LogP contribution is -2.41. The third-order valence-electron chi connectivity index (χ3n) is 4.79. The molecule has 0 unspecified atom stereocenters. The number of hydrogen-bond acceptors (Lipinski definition) is 5. The minimum Gasteiger partial charge on any atom is -0.445 e. The van der Waals surface area contributed by atoms with E-state index < -0.39 is 0 Å². The maximum Gasteiger partial charge on any atom is 0.208 e. The van der Waals surface area contributed by atoms with Crippen molar-refractivity contribution in [3.05, 3.63) is 35.8 Å². The number of piperidine rings is 1. The van der Waals surface area contributed by atoms with E-state index in [1.807, 2.05) is 24.9 Å². The largest absolute Gasteiger partial charge is 0.445 e. The summed E-state index contributed by atoms with van der Waals surface area (Å²) in [6.07, 6.45) is 6.18. The van der Waals surface area contributed by atoms with Gasteiger partial charge in [-0.15, -0.1) is 0 Å². The van der Waals surface area contributed by atoms with Crippen molar-refractivity contribution in [2.75, 3.05) is 27.2 Å². The monoisotopic (exact) mass is 317 g/mol. The summed E-state index contributed by atoms with van der Waals surface area (Å²) in [5.41, 5.74) is 1.30. The maximum atomic E-state index is 5.61. The molecule has 0 bridgehead atoms. The van der Waals surface area contributed by atoms with Crippen LogP contribution in [-0.2, 0) is 13.6 Å². The van der Waals surface area contributed by atoms with Crippen molar-refractivity contribution in [3.63, 3.8) is 0 Å². The van der Waals surface area contributed by atoms with Gasteiger partial charge in [-0.3, -0.25) is 14.5 Å². The van der Waals surface area contributed by atoms with Gasteiger partial charge in [-0.25, -0.2) is 4.98 Å². The molecule has 1 aliphatic rings. The summed E-state index contributed by atoms with van der Waals surface area (Å²) < 4.78 is 7.62. The Hall–Kier alpha value is -1.66. The molecule has 3 rings (SSSR count). The van der Waals surface area contributed by atoms with E-state index in [0.717, 1.165) is 31.3 Å². The molecule has 0 spiro atoms. The van der Waals surface area contributed by atoms with E-state index in [2.05, 4.69) is 40.0 Å². The molecular weight excluding hydrogens is 290 g/mol. The van der Waals surface area contributed by atoms with Crippen molar-refractivity contribution in [3.8, 4) is 0 Å². The van der Waals surface area contributed by atoms with Gasteiger partial charge in [0.05, 0.1) is 24.5 Å². The zero-order valence-corrected chi connectivity index (χ0v) is 14.6. The third kappa shape index (κ3) is 3.64. The predicted octanol–water partition coefficient (Wildman–Crippen LogP) is 2.23. The fourth-order valence-corrected chi connectivity index (χ4v) is 3.76. The van der Waals surface area contributed by atoms with Gasteiger partial charge in [-0.1, -0.05) is 0 Å². The molecule has 0 N–H and O–H groups in total. The summed E-state index contributed by atoms with van der Waals surface area (Å²) in [4.78, 5) is 9.10. The van der Waals surface area contributed by atoms with Gasteiger partial charge in [-0.05, 0) is 52.4 Å². The first-order valence-corrected chi connectivity index (χ1v) is 8.32. The van der Waals surface area contributed by atoms with Gasteiger partial charge in [0, 0.05) is 19.8 Å². The van der Waals surface area contributed by atoms with Gasteiger partial charge in [-0.2, -0.15) is 5.10 Å². The van der Waals surface area contributed by atoms with Crippen LogP contribution in [-0.4, -0.2) is 51.7 Å². The smallest absolute Gasteiger partial charge is 0.208 e. The van der Waals surface area contributed by atoms with Gasteiger partial charge >= 0.3 is 0 Å². The van der Waals surface area contributed by atoms with E-state index in [9.17, 15) is 0 Å². The Kier molecular flexibility index (Phi) is 4.82. The van der Waals surface area contributed by atoms with Crippen molar-refractivity contribution in [2.45, 2.75) is 32.4 Å². The Morgan fingerprint density at radius 1 is 1.39 bits per heavy atom. The molecule has 6 nitrogen and oxygen atoms in total. The summed E-state index contributed by atoms with van der Waals surface area (Å²) in [5, 5.41) is 4.36. The SMILES string of the molecule is Cc1cnc(CN(C)C[C@@H]2CCCN(C)[C@H]2c2ccnn2C)o1. The fourth-order valence-electron chi connectivity index (χ4n) is 3.76. The highest BCUT2D eigenvalue weighted by Gasteiger charge is 2.33. The molecule has 126 valence electrons. The normalized spacial score (nSPS) is 22.8. The van der Waals surface area contributed by atoms with Gasteiger partial charge < -0.3 is 4.42 Å². The number of hydrogen-bond donors (Lipinski definition) is 0. The Morgan fingerprint density at radius 3 is 2.87 bits per heavy atom. The molecule has 2 atom stereocenters. The molecule has 1 fully saturated rings. The minimum atomic E-state index is 0.421. The standard InChI is InChI=1S/C17H27N5O/c1-13-10-18-16(23-13)12-20(2)11-14-6-5-9-21(3)17(14)15-7-8-19-22(15)4/h7-8,10,14,17H,5-6,9,11-12H2,1-4H3/t14-,17+/m0/s1. The lowest BCUT2D eigenvalue weighted by Gasteiger charge is -2.40. The van der Waals surface area contributed by atoms with Crippen LogP contribution < -0.4 is 0 Å². The topological polar surface area (TPSA) is 50.3 Å². The summed E-state index contributed by atoms with van der Waals surface area (Å²) in [5.74, 6) is 2.26. The van der Waals surface area contributed by atoms with Crippen LogP contribution in [0.3, 0.4) is 0 Å². The van der Waals surface area contributed by atoms with Gasteiger partial charge in [0.15, 0.2) is 0 Å². The average Bonchev–Trinajstić information content (AvgIpc) is 3.08. The van der Waals surface area contributed by atoms with E-state index in [-0.39, 0.29) is 0 Å². The fraction of sp³-hybridized carbons (Fsp3) is 0.647. The summed E-state index contributed by atoms with van der Waals surface area (Å²) in [6.45, 7) is 4.87. The lowest BCUT2D eigenvalue weighted by atomic mass is 9.87. The van der Waals surface area contributed by atoms with Crippen molar-refractivity contribution in [1.82, 2.24) is 24.6 Å². The Labute approximate surface area is 138 Å². The zero-order chi connectivity index (χ0) is 16.4. The highest BCUT2D eigenvalue weighted by molar-refractivity contribution is 5.10. The van der Waals surface area contributed by atoms with Crippen LogP contribution in [0.4, 0.5) is 0 Å². The summed E-state index contributed by atoms with van der Waals surface area (Å²) in [6, 6.07) is 2.57. The van der Waals surface area contributed by atoms with Crippen LogP contribution in [0.15, 0.2) is 22.9 Å². The van der Waals surface area contributed by atoms with Crippen LogP contribution in [0.2, 0.25) is 0 Å². The minimum absolute atomic E-state index is 0.421. The predicted molar refractivity (Wildman–Crippen MR) is 88.9 cm³/mol. The molecule has 3 heterocycles. The lowest BCUT2D eigenvalue weighted by molar-refractivity contribution is 0.0850. The summed E-state index contributed by atoms with van der Waals surface area (Å²) >= 11 is 0. The molecule has 0 amide bonds. The van der Waals surface area contributed by atoms with E-state index in [1.165, 1.54) is 18.5 Å². The van der Waals surface area contributed by atoms with Gasteiger partial charge in [0.2, 0.25) is 5.89 Å². The van der Waals surface area contributed by atoms with Gasteiger partial charge in [0.25, 0.3) is 0 Å².